The molecule has 1 aromatic heterocycles. The van der Waals surface area contributed by atoms with Gasteiger partial charge in [0.05, 0.1) is 21.8 Å². The fourth-order valence-electron chi connectivity index (χ4n) is 3.06. The molecular weight excluding hydrogens is 350 g/mol. The molecule has 6 nitrogen and oxygen atoms in total. The molecule has 0 aliphatic rings. The van der Waals surface area contributed by atoms with E-state index in [2.05, 4.69) is 4.98 Å². The van der Waals surface area contributed by atoms with Gasteiger partial charge in [-0.2, -0.15) is 4.31 Å². The van der Waals surface area contributed by atoms with Gasteiger partial charge in [-0.1, -0.05) is 37.3 Å². The van der Waals surface area contributed by atoms with Gasteiger partial charge in [-0.3, -0.25) is 9.36 Å². The molecule has 0 amide bonds. The predicted molar refractivity (Wildman–Crippen MR) is 101 cm³/mol. The Hall–Kier alpha value is -2.51. The zero-order valence-electron chi connectivity index (χ0n) is 15.0. The van der Waals surface area contributed by atoms with Crippen molar-refractivity contribution in [2.24, 2.45) is 7.05 Å². The van der Waals surface area contributed by atoms with Crippen molar-refractivity contribution in [1.29, 1.82) is 0 Å². The number of benzene rings is 2. The maximum absolute atomic E-state index is 13.0. The Morgan fingerprint density at radius 2 is 1.69 bits per heavy atom. The van der Waals surface area contributed by atoms with E-state index in [1.54, 1.807) is 55.6 Å². The second kappa shape index (κ2) is 7.01. The van der Waals surface area contributed by atoms with Gasteiger partial charge in [0.1, 0.15) is 5.82 Å². The Morgan fingerprint density at radius 1 is 1.08 bits per heavy atom. The van der Waals surface area contributed by atoms with Crippen LogP contribution in [0.15, 0.2) is 64.3 Å². The van der Waals surface area contributed by atoms with E-state index in [9.17, 15) is 13.2 Å². The van der Waals surface area contributed by atoms with Gasteiger partial charge in [-0.15, -0.1) is 0 Å². The summed E-state index contributed by atoms with van der Waals surface area (Å²) >= 11 is 0. The van der Waals surface area contributed by atoms with Crippen LogP contribution in [0.3, 0.4) is 0 Å². The molecular formula is C19H21N3O3S. The standard InChI is InChI=1S/C19H21N3O3S/c1-4-17(22(3)26(24,25)14-10-6-5-7-11-14)18-20-16-13-9-8-12-15(16)19(23)21(18)2/h5-13,17H,4H2,1-3H3. The van der Waals surface area contributed by atoms with Crippen molar-refractivity contribution in [2.75, 3.05) is 7.05 Å². The third-order valence-electron chi connectivity index (χ3n) is 4.56. The number of rotatable bonds is 5. The zero-order chi connectivity index (χ0) is 18.9. The summed E-state index contributed by atoms with van der Waals surface area (Å²) in [5, 5.41) is 0.516. The van der Waals surface area contributed by atoms with Gasteiger partial charge in [0.15, 0.2) is 0 Å². The van der Waals surface area contributed by atoms with E-state index in [0.29, 0.717) is 23.1 Å². The van der Waals surface area contributed by atoms with Crippen molar-refractivity contribution < 1.29 is 8.42 Å². The summed E-state index contributed by atoms with van der Waals surface area (Å²) in [6, 6.07) is 14.8. The lowest BCUT2D eigenvalue weighted by Crippen LogP contribution is -2.35. The van der Waals surface area contributed by atoms with Crippen molar-refractivity contribution in [3.05, 3.63) is 70.8 Å². The van der Waals surface area contributed by atoms with Crippen LogP contribution in [-0.2, 0) is 17.1 Å². The molecule has 2 aromatic carbocycles. The summed E-state index contributed by atoms with van der Waals surface area (Å²) in [5.41, 5.74) is 0.379. The first-order valence-electron chi connectivity index (χ1n) is 8.36. The number of sulfonamides is 1. The molecule has 1 heterocycles. The minimum atomic E-state index is -3.70. The van der Waals surface area contributed by atoms with Gasteiger partial charge in [0, 0.05) is 14.1 Å². The van der Waals surface area contributed by atoms with Crippen LogP contribution in [0.5, 0.6) is 0 Å². The van der Waals surface area contributed by atoms with Crippen molar-refractivity contribution >= 4 is 20.9 Å². The minimum absolute atomic E-state index is 0.186. The first-order chi connectivity index (χ1) is 12.4. The largest absolute Gasteiger partial charge is 0.298 e. The van der Waals surface area contributed by atoms with Gasteiger partial charge < -0.3 is 0 Å². The molecule has 3 aromatic rings. The lowest BCUT2D eigenvalue weighted by Gasteiger charge is -2.27. The lowest BCUT2D eigenvalue weighted by atomic mass is 10.2. The number of fused-ring (bicyclic) bond motifs is 1. The van der Waals surface area contributed by atoms with Gasteiger partial charge in [-0.25, -0.2) is 13.4 Å². The Balaban J connectivity index is 2.14. The highest BCUT2D eigenvalue weighted by Gasteiger charge is 2.30. The molecule has 0 aliphatic heterocycles. The van der Waals surface area contributed by atoms with Crippen molar-refractivity contribution in [1.82, 2.24) is 13.9 Å². The van der Waals surface area contributed by atoms with E-state index in [1.165, 1.54) is 15.9 Å². The Labute approximate surface area is 152 Å². The van der Waals surface area contributed by atoms with Crippen LogP contribution in [0.25, 0.3) is 10.9 Å². The normalized spacial score (nSPS) is 13.2. The maximum Gasteiger partial charge on any atom is 0.261 e. The highest BCUT2D eigenvalue weighted by molar-refractivity contribution is 7.89. The number of nitrogens with zero attached hydrogens (tertiary/aromatic N) is 3. The second-order valence-electron chi connectivity index (χ2n) is 6.11. The van der Waals surface area contributed by atoms with Crippen LogP contribution >= 0.6 is 0 Å². The summed E-state index contributed by atoms with van der Waals surface area (Å²) in [4.78, 5) is 17.5. The molecule has 0 radical (unpaired) electrons. The molecule has 7 heteroatoms. The topological polar surface area (TPSA) is 72.3 Å². The number of aromatic nitrogens is 2. The third-order valence-corrected chi connectivity index (χ3v) is 6.44. The van der Waals surface area contributed by atoms with E-state index >= 15 is 0 Å². The first kappa shape index (κ1) is 18.3. The van der Waals surface area contributed by atoms with E-state index in [1.807, 2.05) is 13.0 Å². The highest BCUT2D eigenvalue weighted by Crippen LogP contribution is 2.27. The van der Waals surface area contributed by atoms with Crippen molar-refractivity contribution in [2.45, 2.75) is 24.3 Å². The predicted octanol–water partition coefficient (Wildman–Crippen LogP) is 2.71. The van der Waals surface area contributed by atoms with Crippen LogP contribution in [0.4, 0.5) is 0 Å². The molecule has 0 aliphatic carbocycles. The van der Waals surface area contributed by atoms with E-state index in [4.69, 9.17) is 0 Å². The number of hydrogen-bond acceptors (Lipinski definition) is 4. The molecule has 1 atom stereocenters. The molecule has 136 valence electrons. The highest BCUT2D eigenvalue weighted by atomic mass is 32.2. The second-order valence-corrected chi connectivity index (χ2v) is 8.11. The average molecular weight is 371 g/mol. The van der Waals surface area contributed by atoms with Gasteiger partial charge in [-0.05, 0) is 30.7 Å². The summed E-state index contributed by atoms with van der Waals surface area (Å²) in [5.74, 6) is 0.429. The Morgan fingerprint density at radius 3 is 2.35 bits per heavy atom. The molecule has 3 rings (SSSR count). The summed E-state index contributed by atoms with van der Waals surface area (Å²) < 4.78 is 28.7. The SMILES string of the molecule is CCC(c1nc2ccccc2c(=O)n1C)N(C)S(=O)(=O)c1ccccc1. The molecule has 0 fully saturated rings. The summed E-state index contributed by atoms with van der Waals surface area (Å²) in [6.45, 7) is 1.88. The summed E-state index contributed by atoms with van der Waals surface area (Å²) in [6.07, 6.45) is 0.487. The molecule has 26 heavy (non-hydrogen) atoms. The number of para-hydroxylation sites is 1. The first-order valence-corrected chi connectivity index (χ1v) is 9.80. The van der Waals surface area contributed by atoms with Crippen LogP contribution < -0.4 is 5.56 Å². The van der Waals surface area contributed by atoms with Crippen LogP contribution in [0, 0.1) is 0 Å². The Kier molecular flexibility index (Phi) is 4.93. The van der Waals surface area contributed by atoms with Crippen molar-refractivity contribution in [3.8, 4) is 0 Å². The average Bonchev–Trinajstić information content (AvgIpc) is 2.66. The molecule has 0 spiro atoms. The summed E-state index contributed by atoms with van der Waals surface area (Å²) in [7, 11) is -0.550. The fourth-order valence-corrected chi connectivity index (χ4v) is 4.47. The van der Waals surface area contributed by atoms with Gasteiger partial charge in [0.2, 0.25) is 10.0 Å². The zero-order valence-corrected chi connectivity index (χ0v) is 15.8. The van der Waals surface area contributed by atoms with Crippen LogP contribution in [0.1, 0.15) is 25.2 Å². The quantitative estimate of drug-likeness (QED) is 0.691. The van der Waals surface area contributed by atoms with Gasteiger partial charge in [0.25, 0.3) is 5.56 Å². The van der Waals surface area contributed by atoms with E-state index in [-0.39, 0.29) is 10.5 Å². The molecule has 0 bridgehead atoms. The maximum atomic E-state index is 13.0. The molecule has 1 unspecified atom stereocenters. The van der Waals surface area contributed by atoms with E-state index in [0.717, 1.165) is 0 Å². The Bertz CT molecular complexity index is 1090. The third kappa shape index (κ3) is 3.04. The molecule has 0 saturated heterocycles. The van der Waals surface area contributed by atoms with Crippen LogP contribution in [-0.4, -0.2) is 29.3 Å². The van der Waals surface area contributed by atoms with Crippen LogP contribution in [0.2, 0.25) is 0 Å². The smallest absolute Gasteiger partial charge is 0.261 e. The van der Waals surface area contributed by atoms with Crippen molar-refractivity contribution in [3.63, 3.8) is 0 Å². The molecule has 0 saturated carbocycles. The fraction of sp³-hybridized carbons (Fsp3) is 0.263. The lowest BCUT2D eigenvalue weighted by molar-refractivity contribution is 0.343. The number of hydrogen-bond donors (Lipinski definition) is 0. The van der Waals surface area contributed by atoms with Gasteiger partial charge >= 0.3 is 0 Å². The monoisotopic (exact) mass is 371 g/mol. The minimum Gasteiger partial charge on any atom is -0.298 e. The molecule has 0 N–H and O–H groups in total. The van der Waals surface area contributed by atoms with E-state index < -0.39 is 16.1 Å².